The van der Waals surface area contributed by atoms with Gasteiger partial charge >= 0.3 is 0 Å². The Bertz CT molecular complexity index is 110. The molecule has 1 unspecified atom stereocenters. The summed E-state index contributed by atoms with van der Waals surface area (Å²) in [6, 6.07) is 0. The van der Waals surface area contributed by atoms with Crippen LogP contribution in [0.4, 0.5) is 0 Å². The van der Waals surface area contributed by atoms with Crippen molar-refractivity contribution in [2.45, 2.75) is 32.3 Å². The van der Waals surface area contributed by atoms with Crippen LogP contribution in [0.2, 0.25) is 0 Å². The van der Waals surface area contributed by atoms with Gasteiger partial charge in [-0.2, -0.15) is 0 Å². The van der Waals surface area contributed by atoms with E-state index in [0.29, 0.717) is 13.0 Å². The van der Waals surface area contributed by atoms with E-state index in [-0.39, 0.29) is 0 Å². The highest BCUT2D eigenvalue weighted by atomic mass is 16.3. The Morgan fingerprint density at radius 1 is 1.64 bits per heavy atom. The zero-order chi connectivity index (χ0) is 8.74. The second-order valence-electron chi connectivity index (χ2n) is 3.17. The van der Waals surface area contributed by atoms with Crippen molar-refractivity contribution in [3.63, 3.8) is 0 Å². The monoisotopic (exact) mass is 157 g/mol. The van der Waals surface area contributed by atoms with Crippen LogP contribution in [-0.4, -0.2) is 23.8 Å². The Hall–Kier alpha value is -0.340. The third-order valence-electron chi connectivity index (χ3n) is 1.52. The van der Waals surface area contributed by atoms with Crippen molar-refractivity contribution in [2.75, 3.05) is 13.1 Å². The van der Waals surface area contributed by atoms with Crippen LogP contribution >= 0.6 is 0 Å². The summed E-state index contributed by atoms with van der Waals surface area (Å²) in [5.41, 5.74) is -0.628. The van der Waals surface area contributed by atoms with E-state index < -0.39 is 5.60 Å². The Labute approximate surface area is 69.3 Å². The highest BCUT2D eigenvalue weighted by Gasteiger charge is 2.16. The molecule has 66 valence electrons. The maximum absolute atomic E-state index is 9.61. The Kier molecular flexibility index (Phi) is 5.16. The second-order valence-corrected chi connectivity index (χ2v) is 3.17. The van der Waals surface area contributed by atoms with Gasteiger partial charge in [-0.05, 0) is 26.3 Å². The van der Waals surface area contributed by atoms with E-state index in [1.165, 1.54) is 0 Å². The molecular formula is C9H19NO. The molecule has 2 nitrogen and oxygen atoms in total. The van der Waals surface area contributed by atoms with Crippen LogP contribution < -0.4 is 5.32 Å². The Morgan fingerprint density at radius 2 is 2.27 bits per heavy atom. The third kappa shape index (κ3) is 6.07. The van der Waals surface area contributed by atoms with Crippen molar-refractivity contribution in [1.29, 1.82) is 0 Å². The summed E-state index contributed by atoms with van der Waals surface area (Å²) in [6.07, 6.45) is 3.49. The lowest BCUT2D eigenvalue weighted by atomic mass is 10.0. The predicted molar refractivity (Wildman–Crippen MR) is 48.6 cm³/mol. The molecule has 2 heteroatoms. The van der Waals surface area contributed by atoms with E-state index in [0.717, 1.165) is 13.0 Å². The van der Waals surface area contributed by atoms with E-state index in [4.69, 9.17) is 0 Å². The van der Waals surface area contributed by atoms with Crippen molar-refractivity contribution in [3.8, 4) is 0 Å². The molecule has 0 aromatic rings. The van der Waals surface area contributed by atoms with Gasteiger partial charge in [-0.1, -0.05) is 13.0 Å². The van der Waals surface area contributed by atoms with E-state index in [1.54, 1.807) is 6.08 Å². The topological polar surface area (TPSA) is 32.3 Å². The molecule has 0 aliphatic heterocycles. The predicted octanol–water partition coefficient (Wildman–Crippen LogP) is 1.31. The summed E-state index contributed by atoms with van der Waals surface area (Å²) in [6.45, 7) is 9.12. The molecule has 0 heterocycles. The standard InChI is InChI=1S/C9H19NO/c1-4-6-9(3,11)8-10-7-5-2/h4,10-11H,1,5-8H2,2-3H3. The zero-order valence-corrected chi connectivity index (χ0v) is 7.56. The quantitative estimate of drug-likeness (QED) is 0.450. The number of rotatable bonds is 6. The Morgan fingerprint density at radius 3 is 2.73 bits per heavy atom. The fourth-order valence-corrected chi connectivity index (χ4v) is 0.918. The lowest BCUT2D eigenvalue weighted by Crippen LogP contribution is -2.37. The van der Waals surface area contributed by atoms with Gasteiger partial charge in [0.15, 0.2) is 0 Å². The summed E-state index contributed by atoms with van der Waals surface area (Å²) < 4.78 is 0. The fourth-order valence-electron chi connectivity index (χ4n) is 0.918. The lowest BCUT2D eigenvalue weighted by Gasteiger charge is -2.21. The van der Waals surface area contributed by atoms with Crippen LogP contribution in [0.5, 0.6) is 0 Å². The van der Waals surface area contributed by atoms with Gasteiger partial charge in [-0.25, -0.2) is 0 Å². The molecule has 0 aromatic carbocycles. The fraction of sp³-hybridized carbons (Fsp3) is 0.778. The van der Waals surface area contributed by atoms with E-state index in [9.17, 15) is 5.11 Å². The first-order valence-corrected chi connectivity index (χ1v) is 4.16. The van der Waals surface area contributed by atoms with Crippen molar-refractivity contribution in [1.82, 2.24) is 5.32 Å². The first-order chi connectivity index (χ1) is 5.12. The van der Waals surface area contributed by atoms with Crippen molar-refractivity contribution in [2.24, 2.45) is 0 Å². The van der Waals surface area contributed by atoms with Gasteiger partial charge in [-0.3, -0.25) is 0 Å². The minimum Gasteiger partial charge on any atom is -0.389 e. The smallest absolute Gasteiger partial charge is 0.0777 e. The molecule has 0 fully saturated rings. The third-order valence-corrected chi connectivity index (χ3v) is 1.52. The Balaban J connectivity index is 3.45. The van der Waals surface area contributed by atoms with Gasteiger partial charge in [0.2, 0.25) is 0 Å². The first kappa shape index (κ1) is 10.7. The van der Waals surface area contributed by atoms with Crippen molar-refractivity contribution < 1.29 is 5.11 Å². The molecule has 0 aliphatic carbocycles. The molecule has 0 saturated heterocycles. The van der Waals surface area contributed by atoms with Gasteiger partial charge in [0.05, 0.1) is 5.60 Å². The normalized spacial score (nSPS) is 15.9. The summed E-state index contributed by atoms with van der Waals surface area (Å²) >= 11 is 0. The summed E-state index contributed by atoms with van der Waals surface area (Å²) in [4.78, 5) is 0. The van der Waals surface area contributed by atoms with Gasteiger partial charge in [-0.15, -0.1) is 6.58 Å². The number of aliphatic hydroxyl groups is 1. The number of hydrogen-bond donors (Lipinski definition) is 2. The van der Waals surface area contributed by atoms with Gasteiger partial charge in [0.25, 0.3) is 0 Å². The molecule has 0 radical (unpaired) electrons. The summed E-state index contributed by atoms with van der Waals surface area (Å²) in [7, 11) is 0. The average molecular weight is 157 g/mol. The number of nitrogens with one attached hydrogen (secondary N) is 1. The largest absolute Gasteiger partial charge is 0.389 e. The molecule has 0 aliphatic rings. The zero-order valence-electron chi connectivity index (χ0n) is 7.56. The average Bonchev–Trinajstić information content (AvgIpc) is 1.87. The van der Waals surface area contributed by atoms with E-state index in [1.807, 2.05) is 6.92 Å². The SMILES string of the molecule is C=CCC(C)(O)CNCCC. The van der Waals surface area contributed by atoms with E-state index >= 15 is 0 Å². The molecule has 0 aromatic heterocycles. The van der Waals surface area contributed by atoms with Crippen LogP contribution in [0.25, 0.3) is 0 Å². The first-order valence-electron chi connectivity index (χ1n) is 4.16. The molecule has 0 bridgehead atoms. The maximum atomic E-state index is 9.61. The summed E-state index contributed by atoms with van der Waals surface area (Å²) in [5.74, 6) is 0. The van der Waals surface area contributed by atoms with Gasteiger partial charge in [0, 0.05) is 6.54 Å². The van der Waals surface area contributed by atoms with Gasteiger partial charge < -0.3 is 10.4 Å². The highest BCUT2D eigenvalue weighted by molar-refractivity contribution is 4.84. The second kappa shape index (κ2) is 5.33. The maximum Gasteiger partial charge on any atom is 0.0777 e. The minimum atomic E-state index is -0.628. The van der Waals surface area contributed by atoms with Crippen LogP contribution in [0, 0.1) is 0 Å². The molecular weight excluding hydrogens is 138 g/mol. The highest BCUT2D eigenvalue weighted by Crippen LogP contribution is 2.07. The number of hydrogen-bond acceptors (Lipinski definition) is 2. The molecule has 0 amide bonds. The van der Waals surface area contributed by atoms with Crippen LogP contribution in [0.1, 0.15) is 26.7 Å². The van der Waals surface area contributed by atoms with Crippen LogP contribution in [0.3, 0.4) is 0 Å². The molecule has 0 rings (SSSR count). The van der Waals surface area contributed by atoms with Gasteiger partial charge in [0.1, 0.15) is 0 Å². The molecule has 1 atom stereocenters. The van der Waals surface area contributed by atoms with Crippen molar-refractivity contribution >= 4 is 0 Å². The minimum absolute atomic E-state index is 0.628. The molecule has 0 saturated carbocycles. The lowest BCUT2D eigenvalue weighted by molar-refractivity contribution is 0.0632. The molecule has 2 N–H and O–H groups in total. The van der Waals surface area contributed by atoms with E-state index in [2.05, 4.69) is 18.8 Å². The molecule has 0 spiro atoms. The van der Waals surface area contributed by atoms with Crippen molar-refractivity contribution in [3.05, 3.63) is 12.7 Å². The molecule has 11 heavy (non-hydrogen) atoms. The van der Waals surface area contributed by atoms with Crippen LogP contribution in [0.15, 0.2) is 12.7 Å². The van der Waals surface area contributed by atoms with Crippen LogP contribution in [-0.2, 0) is 0 Å². The summed E-state index contributed by atoms with van der Waals surface area (Å²) in [5, 5.41) is 12.8.